The van der Waals surface area contributed by atoms with E-state index in [4.69, 9.17) is 11.6 Å². The summed E-state index contributed by atoms with van der Waals surface area (Å²) in [6.45, 7) is 3.47. The normalized spacial score (nSPS) is 12.6. The van der Waals surface area contributed by atoms with Gasteiger partial charge < -0.3 is 0 Å². The van der Waals surface area contributed by atoms with Crippen LogP contribution in [0.3, 0.4) is 0 Å². The molecule has 0 saturated carbocycles. The first-order chi connectivity index (χ1) is 6.56. The number of carbonyl (C=O) groups excluding carboxylic acids is 1. The maximum absolute atomic E-state index is 13.1. The molecule has 0 saturated heterocycles. The predicted octanol–water partition coefficient (Wildman–Crippen LogP) is 3.33. The van der Waals surface area contributed by atoms with Crippen LogP contribution < -0.4 is 0 Å². The van der Waals surface area contributed by atoms with Gasteiger partial charge in [-0.2, -0.15) is 0 Å². The Morgan fingerprint density at radius 1 is 1.57 bits per heavy atom. The molecule has 1 rings (SSSR count). The Kier molecular flexibility index (Phi) is 3.64. The second-order valence-electron chi connectivity index (χ2n) is 3.20. The summed E-state index contributed by atoms with van der Waals surface area (Å²) in [7, 11) is 0. The van der Waals surface area contributed by atoms with Crippen molar-refractivity contribution in [2.24, 2.45) is 0 Å². The minimum atomic E-state index is -0.558. The number of benzene rings is 1. The van der Waals surface area contributed by atoms with Gasteiger partial charge in [0.2, 0.25) is 0 Å². The minimum absolute atomic E-state index is 0.215. The van der Waals surface area contributed by atoms with Gasteiger partial charge in [0.15, 0.2) is 5.78 Å². The van der Waals surface area contributed by atoms with Crippen molar-refractivity contribution >= 4 is 17.4 Å². The molecule has 1 aromatic rings. The molecule has 1 nitrogen and oxygen atoms in total. The molecule has 0 amide bonds. The van der Waals surface area contributed by atoms with E-state index in [-0.39, 0.29) is 11.6 Å². The Hall–Kier alpha value is -0.890. The summed E-state index contributed by atoms with van der Waals surface area (Å²) < 4.78 is 13.1. The molecule has 3 heteroatoms. The van der Waals surface area contributed by atoms with Gasteiger partial charge in [0.05, 0.1) is 5.38 Å². The van der Waals surface area contributed by atoms with E-state index in [1.165, 1.54) is 6.07 Å². The Labute approximate surface area is 87.9 Å². The van der Waals surface area contributed by atoms with Crippen LogP contribution >= 0.6 is 11.6 Å². The van der Waals surface area contributed by atoms with Gasteiger partial charge in [-0.25, -0.2) is 4.39 Å². The van der Waals surface area contributed by atoms with Crippen molar-refractivity contribution < 1.29 is 9.18 Å². The van der Waals surface area contributed by atoms with Crippen molar-refractivity contribution in [3.8, 4) is 0 Å². The first-order valence-electron chi connectivity index (χ1n) is 4.50. The van der Waals surface area contributed by atoms with E-state index in [1.807, 2.05) is 6.92 Å². The molecule has 0 aromatic heterocycles. The fourth-order valence-electron chi connectivity index (χ4n) is 1.11. The fourth-order valence-corrected chi connectivity index (χ4v) is 1.24. The smallest absolute Gasteiger partial charge is 0.180 e. The average molecular weight is 215 g/mol. The maximum Gasteiger partial charge on any atom is 0.180 e. The summed E-state index contributed by atoms with van der Waals surface area (Å²) in [5, 5.41) is -0.558. The van der Waals surface area contributed by atoms with Gasteiger partial charge in [-0.3, -0.25) is 4.79 Å². The molecule has 0 aliphatic rings. The van der Waals surface area contributed by atoms with Crippen molar-refractivity contribution in [1.29, 1.82) is 0 Å². The second-order valence-corrected chi connectivity index (χ2v) is 3.73. The van der Waals surface area contributed by atoms with Crippen molar-refractivity contribution in [3.63, 3.8) is 0 Å². The third kappa shape index (κ3) is 2.32. The molecule has 0 heterocycles. The van der Waals surface area contributed by atoms with Gasteiger partial charge >= 0.3 is 0 Å². The predicted molar refractivity (Wildman–Crippen MR) is 55.4 cm³/mol. The molecule has 1 aromatic carbocycles. The summed E-state index contributed by atoms with van der Waals surface area (Å²) in [6, 6.07) is 4.43. The Balaban J connectivity index is 2.97. The number of hydrogen-bond donors (Lipinski definition) is 0. The fraction of sp³-hybridized carbons (Fsp3) is 0.364. The SMILES string of the molecule is CCC(Cl)C(=O)c1ccc(C)c(F)c1. The zero-order valence-corrected chi connectivity index (χ0v) is 8.94. The van der Waals surface area contributed by atoms with Gasteiger partial charge in [-0.05, 0) is 25.0 Å². The lowest BCUT2D eigenvalue weighted by molar-refractivity contribution is 0.0985. The highest BCUT2D eigenvalue weighted by atomic mass is 35.5. The van der Waals surface area contributed by atoms with E-state index in [0.29, 0.717) is 17.5 Å². The Bertz CT molecular complexity index is 349. The molecule has 0 fully saturated rings. The third-order valence-electron chi connectivity index (χ3n) is 2.10. The van der Waals surface area contributed by atoms with Crippen LogP contribution in [0.1, 0.15) is 29.3 Å². The van der Waals surface area contributed by atoms with Crippen molar-refractivity contribution in [2.75, 3.05) is 0 Å². The van der Waals surface area contributed by atoms with Crippen LogP contribution in [-0.2, 0) is 0 Å². The topological polar surface area (TPSA) is 17.1 Å². The molecular formula is C11H12ClFO. The molecule has 0 aliphatic carbocycles. The summed E-state index contributed by atoms with van der Waals surface area (Å²) in [4.78, 5) is 11.5. The Morgan fingerprint density at radius 2 is 2.21 bits per heavy atom. The second kappa shape index (κ2) is 4.56. The zero-order chi connectivity index (χ0) is 10.7. The molecule has 76 valence electrons. The molecule has 0 N–H and O–H groups in total. The van der Waals surface area contributed by atoms with Crippen LogP contribution in [0, 0.1) is 12.7 Å². The van der Waals surface area contributed by atoms with Gasteiger partial charge in [-0.15, -0.1) is 11.6 Å². The van der Waals surface area contributed by atoms with Crippen LogP contribution in [0.15, 0.2) is 18.2 Å². The zero-order valence-electron chi connectivity index (χ0n) is 8.18. The van der Waals surface area contributed by atoms with Crippen molar-refractivity contribution in [2.45, 2.75) is 25.6 Å². The number of rotatable bonds is 3. The van der Waals surface area contributed by atoms with E-state index in [0.717, 1.165) is 0 Å². The molecule has 0 spiro atoms. The molecule has 1 atom stereocenters. The van der Waals surface area contributed by atoms with E-state index in [2.05, 4.69) is 0 Å². The average Bonchev–Trinajstić information content (AvgIpc) is 2.20. The van der Waals surface area contributed by atoms with Crippen LogP contribution in [0.25, 0.3) is 0 Å². The van der Waals surface area contributed by atoms with Gasteiger partial charge in [0.1, 0.15) is 5.82 Å². The number of aryl methyl sites for hydroxylation is 1. The summed E-state index contributed by atoms with van der Waals surface area (Å²) in [5.41, 5.74) is 0.874. The lowest BCUT2D eigenvalue weighted by Crippen LogP contribution is -2.13. The van der Waals surface area contributed by atoms with E-state index < -0.39 is 5.38 Å². The highest BCUT2D eigenvalue weighted by Crippen LogP contribution is 2.14. The quantitative estimate of drug-likeness (QED) is 0.557. The van der Waals surface area contributed by atoms with Crippen LogP contribution in [-0.4, -0.2) is 11.2 Å². The van der Waals surface area contributed by atoms with Crippen molar-refractivity contribution in [1.82, 2.24) is 0 Å². The van der Waals surface area contributed by atoms with Gasteiger partial charge in [-0.1, -0.05) is 19.1 Å². The first-order valence-corrected chi connectivity index (χ1v) is 4.94. The number of alkyl halides is 1. The van der Waals surface area contributed by atoms with Crippen LogP contribution in [0.2, 0.25) is 0 Å². The van der Waals surface area contributed by atoms with E-state index in [9.17, 15) is 9.18 Å². The van der Waals surface area contributed by atoms with Crippen LogP contribution in [0.5, 0.6) is 0 Å². The molecule has 0 bridgehead atoms. The van der Waals surface area contributed by atoms with Crippen molar-refractivity contribution in [3.05, 3.63) is 35.1 Å². The molecule has 0 radical (unpaired) electrons. The lowest BCUT2D eigenvalue weighted by atomic mass is 10.0. The summed E-state index contributed by atoms with van der Waals surface area (Å²) >= 11 is 5.77. The summed E-state index contributed by atoms with van der Waals surface area (Å²) in [6.07, 6.45) is 0.551. The van der Waals surface area contributed by atoms with Crippen LogP contribution in [0.4, 0.5) is 4.39 Å². The third-order valence-corrected chi connectivity index (χ3v) is 2.61. The Morgan fingerprint density at radius 3 is 2.71 bits per heavy atom. The first kappa shape index (κ1) is 11.2. The number of hydrogen-bond acceptors (Lipinski definition) is 1. The minimum Gasteiger partial charge on any atom is -0.293 e. The number of Topliss-reactive ketones (excluding diaryl/α,β-unsaturated/α-hetero) is 1. The molecular weight excluding hydrogens is 203 g/mol. The highest BCUT2D eigenvalue weighted by Gasteiger charge is 2.15. The van der Waals surface area contributed by atoms with E-state index >= 15 is 0 Å². The number of ketones is 1. The monoisotopic (exact) mass is 214 g/mol. The largest absolute Gasteiger partial charge is 0.293 e. The molecule has 1 unspecified atom stereocenters. The molecule has 14 heavy (non-hydrogen) atoms. The molecule has 0 aliphatic heterocycles. The number of carbonyl (C=O) groups is 1. The summed E-state index contributed by atoms with van der Waals surface area (Å²) in [5.74, 6) is -0.580. The maximum atomic E-state index is 13.1. The van der Waals surface area contributed by atoms with Gasteiger partial charge in [0.25, 0.3) is 0 Å². The highest BCUT2D eigenvalue weighted by molar-refractivity contribution is 6.33. The standard InChI is InChI=1S/C11H12ClFO/c1-3-9(12)11(14)8-5-4-7(2)10(13)6-8/h4-6,9H,3H2,1-2H3. The number of halogens is 2. The van der Waals surface area contributed by atoms with E-state index in [1.54, 1.807) is 19.1 Å². The lowest BCUT2D eigenvalue weighted by Gasteiger charge is -2.06. The van der Waals surface area contributed by atoms with Gasteiger partial charge in [0, 0.05) is 5.56 Å².